The van der Waals surface area contributed by atoms with Gasteiger partial charge in [-0.25, -0.2) is 4.98 Å². The van der Waals surface area contributed by atoms with Crippen LogP contribution in [0.1, 0.15) is 37.7 Å². The highest BCUT2D eigenvalue weighted by atomic mass is 14.8. The molecule has 0 aromatic carbocycles. The van der Waals surface area contributed by atoms with E-state index in [2.05, 4.69) is 22.1 Å². The summed E-state index contributed by atoms with van der Waals surface area (Å²) in [6, 6.07) is 4.09. The van der Waals surface area contributed by atoms with Crippen molar-refractivity contribution in [3.63, 3.8) is 0 Å². The van der Waals surface area contributed by atoms with Crippen LogP contribution < -0.4 is 5.73 Å². The molecule has 0 radical (unpaired) electrons. The Morgan fingerprint density at radius 3 is 3.00 bits per heavy atom. The van der Waals surface area contributed by atoms with Gasteiger partial charge in [0.1, 0.15) is 5.65 Å². The van der Waals surface area contributed by atoms with Crippen LogP contribution >= 0.6 is 0 Å². The standard InChI is InChI=1S/C16H21N3/c17-10-13(12-5-2-1-3-6-12)9-14-11-19-16-15(14)7-4-8-18-16/h4,7-9,11-12H,1-3,5-6,10,17H2,(H,18,19). The van der Waals surface area contributed by atoms with E-state index in [1.54, 1.807) is 0 Å². The van der Waals surface area contributed by atoms with Crippen molar-refractivity contribution in [2.24, 2.45) is 11.7 Å². The normalized spacial score (nSPS) is 18.1. The van der Waals surface area contributed by atoms with Crippen molar-refractivity contribution in [3.8, 4) is 0 Å². The second kappa shape index (κ2) is 5.57. The summed E-state index contributed by atoms with van der Waals surface area (Å²) < 4.78 is 0. The summed E-state index contributed by atoms with van der Waals surface area (Å²) in [7, 11) is 0. The predicted octanol–water partition coefficient (Wildman–Crippen LogP) is 3.49. The molecule has 1 aliphatic rings. The Labute approximate surface area is 113 Å². The molecule has 2 aromatic heterocycles. The fourth-order valence-corrected chi connectivity index (χ4v) is 3.11. The van der Waals surface area contributed by atoms with Gasteiger partial charge in [-0.05, 0) is 30.9 Å². The van der Waals surface area contributed by atoms with Gasteiger partial charge in [0.05, 0.1) is 0 Å². The van der Waals surface area contributed by atoms with Crippen molar-refractivity contribution >= 4 is 17.1 Å². The first-order valence-electron chi connectivity index (χ1n) is 7.21. The Kier molecular flexibility index (Phi) is 3.65. The number of hydrogen-bond acceptors (Lipinski definition) is 2. The minimum absolute atomic E-state index is 0.664. The van der Waals surface area contributed by atoms with Gasteiger partial charge in [0, 0.05) is 29.9 Å². The van der Waals surface area contributed by atoms with E-state index in [4.69, 9.17) is 5.73 Å². The molecule has 0 unspecified atom stereocenters. The third kappa shape index (κ3) is 2.56. The van der Waals surface area contributed by atoms with Gasteiger partial charge in [0.2, 0.25) is 0 Å². The molecule has 19 heavy (non-hydrogen) atoms. The molecule has 0 saturated heterocycles. The van der Waals surface area contributed by atoms with E-state index < -0.39 is 0 Å². The fourth-order valence-electron chi connectivity index (χ4n) is 3.11. The number of nitrogens with one attached hydrogen (secondary N) is 1. The number of nitrogens with two attached hydrogens (primary N) is 1. The van der Waals surface area contributed by atoms with Gasteiger partial charge in [-0.1, -0.05) is 30.9 Å². The molecule has 2 heterocycles. The van der Waals surface area contributed by atoms with E-state index in [0.717, 1.165) is 5.65 Å². The van der Waals surface area contributed by atoms with Gasteiger partial charge in [-0.2, -0.15) is 0 Å². The molecule has 0 aliphatic heterocycles. The number of pyridine rings is 1. The van der Waals surface area contributed by atoms with Gasteiger partial charge >= 0.3 is 0 Å². The zero-order valence-electron chi connectivity index (χ0n) is 11.2. The Morgan fingerprint density at radius 2 is 2.21 bits per heavy atom. The number of aromatic nitrogens is 2. The van der Waals surface area contributed by atoms with E-state index in [9.17, 15) is 0 Å². The second-order valence-electron chi connectivity index (χ2n) is 5.40. The van der Waals surface area contributed by atoms with Crippen LogP contribution in [0.5, 0.6) is 0 Å². The number of nitrogens with zero attached hydrogens (tertiary/aromatic N) is 1. The maximum Gasteiger partial charge on any atom is 0.137 e. The van der Waals surface area contributed by atoms with Crippen LogP contribution in [0.25, 0.3) is 17.1 Å². The van der Waals surface area contributed by atoms with Crippen molar-refractivity contribution in [3.05, 3.63) is 35.7 Å². The average Bonchev–Trinajstić information content (AvgIpc) is 2.89. The zero-order chi connectivity index (χ0) is 13.1. The third-order valence-electron chi connectivity index (χ3n) is 4.19. The molecule has 1 fully saturated rings. The summed E-state index contributed by atoms with van der Waals surface area (Å²) in [5, 5.41) is 1.18. The topological polar surface area (TPSA) is 54.7 Å². The van der Waals surface area contributed by atoms with Gasteiger partial charge < -0.3 is 10.7 Å². The first-order chi connectivity index (χ1) is 9.38. The number of fused-ring (bicyclic) bond motifs is 1. The Hall–Kier alpha value is -1.61. The highest BCUT2D eigenvalue weighted by Crippen LogP contribution is 2.31. The Balaban J connectivity index is 1.93. The predicted molar refractivity (Wildman–Crippen MR) is 79.7 cm³/mol. The molecule has 0 amide bonds. The van der Waals surface area contributed by atoms with Gasteiger partial charge in [0.25, 0.3) is 0 Å². The molecule has 1 saturated carbocycles. The molecule has 2 aromatic rings. The van der Waals surface area contributed by atoms with Crippen molar-refractivity contribution in [2.75, 3.05) is 6.54 Å². The molecule has 3 heteroatoms. The highest BCUT2D eigenvalue weighted by molar-refractivity contribution is 5.86. The maximum absolute atomic E-state index is 5.97. The van der Waals surface area contributed by atoms with Gasteiger partial charge in [-0.15, -0.1) is 0 Å². The second-order valence-corrected chi connectivity index (χ2v) is 5.40. The average molecular weight is 255 g/mol. The summed E-state index contributed by atoms with van der Waals surface area (Å²) in [6.45, 7) is 0.664. The molecule has 3 rings (SSSR count). The lowest BCUT2D eigenvalue weighted by Gasteiger charge is -2.23. The highest BCUT2D eigenvalue weighted by Gasteiger charge is 2.17. The van der Waals surface area contributed by atoms with Gasteiger partial charge in [0.15, 0.2) is 0 Å². The third-order valence-corrected chi connectivity index (χ3v) is 4.19. The van der Waals surface area contributed by atoms with Crippen LogP contribution in [-0.2, 0) is 0 Å². The van der Waals surface area contributed by atoms with Crippen LogP contribution in [0.3, 0.4) is 0 Å². The molecular formula is C16H21N3. The Morgan fingerprint density at radius 1 is 1.37 bits per heavy atom. The lowest BCUT2D eigenvalue weighted by Crippen LogP contribution is -2.16. The van der Waals surface area contributed by atoms with Crippen molar-refractivity contribution in [1.29, 1.82) is 0 Å². The number of H-pyrrole nitrogens is 1. The van der Waals surface area contributed by atoms with Crippen LogP contribution in [0, 0.1) is 5.92 Å². The summed E-state index contributed by atoms with van der Waals surface area (Å²) in [5.41, 5.74) is 9.53. The molecular weight excluding hydrogens is 234 g/mol. The number of hydrogen-bond donors (Lipinski definition) is 2. The fraction of sp³-hybridized carbons (Fsp3) is 0.438. The van der Waals surface area contributed by atoms with Gasteiger partial charge in [-0.3, -0.25) is 0 Å². The van der Waals surface area contributed by atoms with E-state index in [-0.39, 0.29) is 0 Å². The van der Waals surface area contributed by atoms with Crippen LogP contribution in [-0.4, -0.2) is 16.5 Å². The molecule has 1 aliphatic carbocycles. The van der Waals surface area contributed by atoms with E-state index in [0.29, 0.717) is 12.5 Å². The van der Waals surface area contributed by atoms with E-state index >= 15 is 0 Å². The molecule has 3 N–H and O–H groups in total. The number of rotatable bonds is 3. The number of aromatic amines is 1. The first kappa shape index (κ1) is 12.4. The monoisotopic (exact) mass is 255 g/mol. The largest absolute Gasteiger partial charge is 0.346 e. The summed E-state index contributed by atoms with van der Waals surface area (Å²) in [6.07, 6.45) is 12.8. The van der Waals surface area contributed by atoms with Crippen molar-refractivity contribution in [1.82, 2.24) is 9.97 Å². The SMILES string of the molecule is NCC(=Cc1c[nH]c2ncccc12)C1CCCCC1. The van der Waals surface area contributed by atoms with Crippen molar-refractivity contribution < 1.29 is 0 Å². The summed E-state index contributed by atoms with van der Waals surface area (Å²) in [5.74, 6) is 0.681. The molecule has 0 spiro atoms. The first-order valence-corrected chi connectivity index (χ1v) is 7.21. The molecule has 0 atom stereocenters. The smallest absolute Gasteiger partial charge is 0.137 e. The lowest BCUT2D eigenvalue weighted by molar-refractivity contribution is 0.401. The quantitative estimate of drug-likeness (QED) is 0.882. The molecule has 0 bridgehead atoms. The summed E-state index contributed by atoms with van der Waals surface area (Å²) in [4.78, 5) is 7.56. The molecule has 3 nitrogen and oxygen atoms in total. The van der Waals surface area contributed by atoms with E-state index in [1.807, 2.05) is 18.5 Å². The maximum atomic E-state index is 5.97. The summed E-state index contributed by atoms with van der Waals surface area (Å²) >= 11 is 0. The van der Waals surface area contributed by atoms with E-state index in [1.165, 1.54) is 48.6 Å². The lowest BCUT2D eigenvalue weighted by atomic mass is 9.83. The van der Waals surface area contributed by atoms with Crippen LogP contribution in [0.15, 0.2) is 30.1 Å². The van der Waals surface area contributed by atoms with Crippen molar-refractivity contribution in [2.45, 2.75) is 32.1 Å². The minimum Gasteiger partial charge on any atom is -0.346 e. The van der Waals surface area contributed by atoms with Crippen LogP contribution in [0.2, 0.25) is 0 Å². The molecule has 100 valence electrons. The minimum atomic E-state index is 0.664. The zero-order valence-corrected chi connectivity index (χ0v) is 11.2. The Bertz CT molecular complexity index is 576. The van der Waals surface area contributed by atoms with Crippen LogP contribution in [0.4, 0.5) is 0 Å².